The van der Waals surface area contributed by atoms with Crippen LogP contribution in [-0.2, 0) is 11.2 Å². The molecule has 1 unspecified atom stereocenters. The normalized spacial score (nSPS) is 11.8. The summed E-state index contributed by atoms with van der Waals surface area (Å²) >= 11 is 0. The highest BCUT2D eigenvalue weighted by atomic mass is 16.4. The minimum Gasteiger partial charge on any atom is -0.505 e. The van der Waals surface area contributed by atoms with Gasteiger partial charge < -0.3 is 20.5 Å². The molecule has 0 aliphatic carbocycles. The van der Waals surface area contributed by atoms with Crippen LogP contribution in [0.5, 0.6) is 5.75 Å². The van der Waals surface area contributed by atoms with E-state index in [4.69, 9.17) is 5.11 Å². The molecule has 8 heteroatoms. The molecule has 104 valence electrons. The van der Waals surface area contributed by atoms with Crippen LogP contribution in [0.2, 0.25) is 0 Å². The molecule has 0 saturated carbocycles. The van der Waals surface area contributed by atoms with Crippen molar-refractivity contribution in [2.75, 3.05) is 0 Å². The van der Waals surface area contributed by atoms with Crippen molar-refractivity contribution in [3.8, 4) is 5.75 Å². The van der Waals surface area contributed by atoms with Crippen molar-refractivity contribution in [1.82, 2.24) is 20.3 Å². The number of carbonyl (C=O) groups is 2. The number of hydrogen-bond donors (Lipinski definition) is 4. The topological polar surface area (TPSA) is 128 Å². The van der Waals surface area contributed by atoms with Gasteiger partial charge in [0.15, 0.2) is 5.69 Å². The first-order chi connectivity index (χ1) is 9.58. The first-order valence-electron chi connectivity index (χ1n) is 5.73. The van der Waals surface area contributed by atoms with Crippen molar-refractivity contribution in [3.05, 3.63) is 42.2 Å². The monoisotopic (exact) mass is 276 g/mol. The van der Waals surface area contributed by atoms with E-state index < -0.39 is 17.9 Å². The van der Waals surface area contributed by atoms with Crippen molar-refractivity contribution in [2.24, 2.45) is 0 Å². The second-order valence-electron chi connectivity index (χ2n) is 4.02. The summed E-state index contributed by atoms with van der Waals surface area (Å²) in [5, 5.41) is 20.9. The molecule has 0 aliphatic rings. The fourth-order valence-corrected chi connectivity index (χ4v) is 1.61. The Balaban J connectivity index is 2.10. The summed E-state index contributed by atoms with van der Waals surface area (Å²) in [5.74, 6) is -2.26. The Kier molecular flexibility index (Phi) is 3.94. The summed E-state index contributed by atoms with van der Waals surface area (Å²) in [4.78, 5) is 33.3. The molecule has 0 bridgehead atoms. The molecular weight excluding hydrogens is 264 g/mol. The van der Waals surface area contributed by atoms with E-state index in [0.29, 0.717) is 5.69 Å². The van der Waals surface area contributed by atoms with Crippen LogP contribution in [0.1, 0.15) is 16.2 Å². The molecule has 0 fully saturated rings. The molecule has 20 heavy (non-hydrogen) atoms. The van der Waals surface area contributed by atoms with Gasteiger partial charge in [0.05, 0.1) is 6.33 Å². The van der Waals surface area contributed by atoms with E-state index in [-0.39, 0.29) is 17.9 Å². The molecule has 1 amide bonds. The third-order valence-electron chi connectivity index (χ3n) is 2.58. The summed E-state index contributed by atoms with van der Waals surface area (Å²) in [5.41, 5.74) is 0.353. The van der Waals surface area contributed by atoms with Crippen LogP contribution < -0.4 is 5.32 Å². The van der Waals surface area contributed by atoms with Crippen LogP contribution >= 0.6 is 0 Å². The molecule has 2 aromatic rings. The molecule has 0 spiro atoms. The number of aromatic hydroxyl groups is 1. The summed E-state index contributed by atoms with van der Waals surface area (Å²) in [6.45, 7) is 0. The molecule has 2 aromatic heterocycles. The van der Waals surface area contributed by atoms with Gasteiger partial charge in [0.1, 0.15) is 11.8 Å². The lowest BCUT2D eigenvalue weighted by atomic mass is 10.1. The maximum atomic E-state index is 11.9. The minimum absolute atomic E-state index is 0.0503. The molecule has 0 aliphatic heterocycles. The number of hydrogen-bond acceptors (Lipinski definition) is 5. The SMILES string of the molecule is O=C(NC(Cc1cnc[nH]1)C(=O)O)c1ncccc1O. The standard InChI is InChI=1S/C12H12N4O4/c17-9-2-1-3-14-10(9)11(18)16-8(12(19)20)4-7-5-13-6-15-7/h1-3,5-6,8,17H,4H2,(H,13,15)(H,16,18)(H,19,20). The second-order valence-corrected chi connectivity index (χ2v) is 4.02. The number of aromatic nitrogens is 3. The Hall–Kier alpha value is -2.90. The number of H-pyrrole nitrogens is 1. The molecule has 2 rings (SSSR count). The maximum Gasteiger partial charge on any atom is 0.326 e. The highest BCUT2D eigenvalue weighted by molar-refractivity contribution is 5.97. The average molecular weight is 276 g/mol. The lowest BCUT2D eigenvalue weighted by molar-refractivity contribution is -0.139. The van der Waals surface area contributed by atoms with Crippen LogP contribution in [0, 0.1) is 0 Å². The fraction of sp³-hybridized carbons (Fsp3) is 0.167. The predicted octanol–water partition coefficient (Wildman–Crippen LogP) is -0.0640. The minimum atomic E-state index is -1.19. The number of nitrogens with zero attached hydrogens (tertiary/aromatic N) is 2. The van der Waals surface area contributed by atoms with Crippen molar-refractivity contribution in [3.63, 3.8) is 0 Å². The summed E-state index contributed by atoms with van der Waals surface area (Å²) < 4.78 is 0. The number of aliphatic carboxylic acids is 1. The van der Waals surface area contributed by atoms with Gasteiger partial charge in [0.25, 0.3) is 5.91 Å². The Morgan fingerprint density at radius 2 is 2.25 bits per heavy atom. The van der Waals surface area contributed by atoms with Gasteiger partial charge in [-0.2, -0.15) is 0 Å². The second kappa shape index (κ2) is 5.83. The third-order valence-corrected chi connectivity index (χ3v) is 2.58. The molecule has 2 heterocycles. The van der Waals surface area contributed by atoms with Gasteiger partial charge in [-0.25, -0.2) is 14.8 Å². The van der Waals surface area contributed by atoms with E-state index in [1.54, 1.807) is 0 Å². The number of imidazole rings is 1. The Labute approximate surface area is 113 Å². The van der Waals surface area contributed by atoms with E-state index in [1.165, 1.54) is 30.9 Å². The number of rotatable bonds is 5. The molecular formula is C12H12N4O4. The van der Waals surface area contributed by atoms with Crippen LogP contribution in [0.15, 0.2) is 30.9 Å². The summed E-state index contributed by atoms with van der Waals surface area (Å²) in [6, 6.07) is 1.61. The zero-order valence-electron chi connectivity index (χ0n) is 10.3. The number of aromatic amines is 1. The zero-order chi connectivity index (χ0) is 14.5. The van der Waals surface area contributed by atoms with E-state index in [9.17, 15) is 14.7 Å². The first kappa shape index (κ1) is 13.5. The van der Waals surface area contributed by atoms with Gasteiger partial charge in [0.2, 0.25) is 0 Å². The number of amides is 1. The van der Waals surface area contributed by atoms with Gasteiger partial charge in [-0.15, -0.1) is 0 Å². The fourth-order valence-electron chi connectivity index (χ4n) is 1.61. The van der Waals surface area contributed by atoms with Gasteiger partial charge in [-0.1, -0.05) is 0 Å². The quantitative estimate of drug-likeness (QED) is 0.605. The largest absolute Gasteiger partial charge is 0.505 e. The Morgan fingerprint density at radius 1 is 1.45 bits per heavy atom. The highest BCUT2D eigenvalue weighted by Gasteiger charge is 2.23. The van der Waals surface area contributed by atoms with Gasteiger partial charge in [-0.3, -0.25) is 4.79 Å². The van der Waals surface area contributed by atoms with Crippen LogP contribution in [0.25, 0.3) is 0 Å². The van der Waals surface area contributed by atoms with E-state index >= 15 is 0 Å². The van der Waals surface area contributed by atoms with Crippen molar-refractivity contribution >= 4 is 11.9 Å². The number of carbonyl (C=O) groups excluding carboxylic acids is 1. The van der Waals surface area contributed by atoms with E-state index in [0.717, 1.165) is 0 Å². The lowest BCUT2D eigenvalue weighted by Gasteiger charge is -2.13. The van der Waals surface area contributed by atoms with Gasteiger partial charge in [-0.05, 0) is 12.1 Å². The molecule has 0 saturated heterocycles. The van der Waals surface area contributed by atoms with Gasteiger partial charge >= 0.3 is 5.97 Å². The maximum absolute atomic E-state index is 11.9. The molecule has 1 atom stereocenters. The van der Waals surface area contributed by atoms with E-state index in [1.807, 2.05) is 0 Å². The molecule has 0 radical (unpaired) electrons. The summed E-state index contributed by atoms with van der Waals surface area (Å²) in [7, 11) is 0. The van der Waals surface area contributed by atoms with E-state index in [2.05, 4.69) is 20.3 Å². The van der Waals surface area contributed by atoms with Crippen molar-refractivity contribution in [2.45, 2.75) is 12.5 Å². The highest BCUT2D eigenvalue weighted by Crippen LogP contribution is 2.12. The first-order valence-corrected chi connectivity index (χ1v) is 5.73. The molecule has 8 nitrogen and oxygen atoms in total. The van der Waals surface area contributed by atoms with Gasteiger partial charge in [0, 0.05) is 24.5 Å². The van der Waals surface area contributed by atoms with Crippen LogP contribution in [0.3, 0.4) is 0 Å². The lowest BCUT2D eigenvalue weighted by Crippen LogP contribution is -2.42. The molecule has 0 aromatic carbocycles. The Morgan fingerprint density at radius 3 is 2.85 bits per heavy atom. The molecule has 4 N–H and O–H groups in total. The predicted molar refractivity (Wildman–Crippen MR) is 67.1 cm³/mol. The van der Waals surface area contributed by atoms with Crippen LogP contribution in [0.4, 0.5) is 0 Å². The number of nitrogens with one attached hydrogen (secondary N) is 2. The summed E-state index contributed by atoms with van der Waals surface area (Å²) in [6.07, 6.45) is 4.27. The number of carboxylic acids is 1. The van der Waals surface area contributed by atoms with Crippen molar-refractivity contribution in [1.29, 1.82) is 0 Å². The average Bonchev–Trinajstić information content (AvgIpc) is 2.91. The smallest absolute Gasteiger partial charge is 0.326 e. The third kappa shape index (κ3) is 3.10. The van der Waals surface area contributed by atoms with Crippen molar-refractivity contribution < 1.29 is 19.8 Å². The zero-order valence-corrected chi connectivity index (χ0v) is 10.3. The number of carboxylic acid groups (broad SMARTS) is 1. The Bertz CT molecular complexity index is 612. The van der Waals surface area contributed by atoms with Crippen LogP contribution in [-0.4, -0.2) is 43.1 Å². The number of pyridine rings is 1.